The maximum absolute atomic E-state index is 12.5. The van der Waals surface area contributed by atoms with Crippen molar-refractivity contribution in [3.8, 4) is 0 Å². The van der Waals surface area contributed by atoms with Crippen LogP contribution >= 0.6 is 12.6 Å². The monoisotopic (exact) mass is 729 g/mol. The second-order valence-electron chi connectivity index (χ2n) is 14.6. The molecule has 9 heteroatoms. The Kier molecular flexibility index (Phi) is 24.5. The summed E-state index contributed by atoms with van der Waals surface area (Å²) in [7, 11) is -0.394. The third-order valence-electron chi connectivity index (χ3n) is 10.2. The van der Waals surface area contributed by atoms with Crippen LogP contribution in [-0.2, 0) is 47.3 Å². The van der Waals surface area contributed by atoms with Gasteiger partial charge >= 0.3 is 30.2 Å². The van der Waals surface area contributed by atoms with E-state index in [1.807, 2.05) is 52.0 Å². The van der Waals surface area contributed by atoms with E-state index in [4.69, 9.17) is 14.0 Å². The molecule has 4 rings (SSSR count). The summed E-state index contributed by atoms with van der Waals surface area (Å²) in [6.45, 7) is 9.17. The van der Waals surface area contributed by atoms with Crippen molar-refractivity contribution >= 4 is 37.1 Å². The molecule has 1 aromatic rings. The van der Waals surface area contributed by atoms with Gasteiger partial charge in [0.05, 0.1) is 11.2 Å². The SMILES string of the molecule is C1CCCC1.CC1(C)OB(c2ccc(COC(=O)CC3CCC(CNC(=O)CCCCCCCCCCS)C3)cc2)OC1(C)C.[CH3-].[CH3-].[Fe+2]. The molecular weight excluding hydrogens is 661 g/mol. The van der Waals surface area contributed by atoms with Crippen LogP contribution in [0.4, 0.5) is 0 Å². The van der Waals surface area contributed by atoms with E-state index in [-0.39, 0.29) is 61.6 Å². The molecule has 1 amide bonds. The van der Waals surface area contributed by atoms with Gasteiger partial charge in [0.25, 0.3) is 0 Å². The Labute approximate surface area is 311 Å². The number of thiol groups is 1. The second-order valence-corrected chi connectivity index (χ2v) is 15.1. The summed E-state index contributed by atoms with van der Waals surface area (Å²) in [6.07, 6.45) is 21.3. The maximum atomic E-state index is 12.5. The molecule has 0 aromatic heterocycles. The molecule has 1 aliphatic heterocycles. The van der Waals surface area contributed by atoms with Crippen molar-refractivity contribution in [3.63, 3.8) is 0 Å². The third-order valence-corrected chi connectivity index (χ3v) is 10.5. The Balaban J connectivity index is 0.00000252. The van der Waals surface area contributed by atoms with Crippen LogP contribution in [0.1, 0.15) is 149 Å². The van der Waals surface area contributed by atoms with E-state index < -0.39 is 7.12 Å². The van der Waals surface area contributed by atoms with Crippen LogP contribution in [0.3, 0.4) is 0 Å². The molecule has 2 saturated carbocycles. The first-order valence-corrected chi connectivity index (χ1v) is 18.7. The Morgan fingerprint density at radius 1 is 0.812 bits per heavy atom. The number of hydrogen-bond donors (Lipinski definition) is 2. The number of carbonyl (C=O) groups excluding carboxylic acids is 2. The summed E-state index contributed by atoms with van der Waals surface area (Å²) >= 11 is 4.25. The van der Waals surface area contributed by atoms with Gasteiger partial charge in [-0.3, -0.25) is 9.59 Å². The molecule has 0 spiro atoms. The molecule has 2 aliphatic carbocycles. The average molecular weight is 730 g/mol. The first-order valence-electron chi connectivity index (χ1n) is 18.1. The zero-order chi connectivity index (χ0) is 32.5. The van der Waals surface area contributed by atoms with Crippen molar-refractivity contribution in [2.24, 2.45) is 11.8 Å². The molecule has 2 atom stereocenters. The van der Waals surface area contributed by atoms with E-state index in [9.17, 15) is 9.59 Å². The minimum Gasteiger partial charge on any atom is -0.461 e. The van der Waals surface area contributed by atoms with E-state index >= 15 is 0 Å². The largest absolute Gasteiger partial charge is 2.00 e. The van der Waals surface area contributed by atoms with E-state index in [2.05, 4.69) is 17.9 Å². The molecule has 0 bridgehead atoms. The molecule has 6 nitrogen and oxygen atoms in total. The number of carbonyl (C=O) groups is 2. The number of benzene rings is 1. The van der Waals surface area contributed by atoms with Gasteiger partial charge in [0.2, 0.25) is 5.91 Å². The molecular formula is C39H68BFeNO5S. The van der Waals surface area contributed by atoms with E-state index in [1.165, 1.54) is 70.6 Å². The van der Waals surface area contributed by atoms with Gasteiger partial charge < -0.3 is 34.2 Å². The maximum Gasteiger partial charge on any atom is 2.00 e. The quantitative estimate of drug-likeness (QED) is 0.0550. The third kappa shape index (κ3) is 17.3. The number of nitrogens with one attached hydrogen (secondary N) is 1. The molecule has 2 unspecified atom stereocenters. The predicted molar refractivity (Wildman–Crippen MR) is 202 cm³/mol. The molecule has 276 valence electrons. The summed E-state index contributed by atoms with van der Waals surface area (Å²) in [5.74, 6) is 1.81. The molecule has 1 saturated heterocycles. The molecule has 48 heavy (non-hydrogen) atoms. The van der Waals surface area contributed by atoms with Gasteiger partial charge in [-0.15, -0.1) is 0 Å². The summed E-state index contributed by atoms with van der Waals surface area (Å²) in [6, 6.07) is 7.89. The summed E-state index contributed by atoms with van der Waals surface area (Å²) in [4.78, 5) is 24.7. The summed E-state index contributed by atoms with van der Waals surface area (Å²) in [5, 5.41) is 3.12. The van der Waals surface area contributed by atoms with E-state index in [0.717, 1.165) is 55.4 Å². The minimum atomic E-state index is -0.394. The molecule has 0 radical (unpaired) electrons. The van der Waals surface area contributed by atoms with Crippen LogP contribution in [0.15, 0.2) is 24.3 Å². The predicted octanol–water partition coefficient (Wildman–Crippen LogP) is 9.24. The Hall–Kier alpha value is -0.986. The summed E-state index contributed by atoms with van der Waals surface area (Å²) < 4.78 is 17.8. The van der Waals surface area contributed by atoms with Crippen molar-refractivity contribution in [2.75, 3.05) is 12.3 Å². The molecule has 1 heterocycles. The van der Waals surface area contributed by atoms with Crippen LogP contribution in [0.2, 0.25) is 0 Å². The van der Waals surface area contributed by atoms with Crippen molar-refractivity contribution in [2.45, 2.75) is 161 Å². The number of amides is 1. The fourth-order valence-electron chi connectivity index (χ4n) is 6.45. The first kappa shape index (κ1) is 47.0. The van der Waals surface area contributed by atoms with Crippen LogP contribution in [-0.4, -0.2) is 42.5 Å². The molecule has 1 aromatic carbocycles. The Morgan fingerprint density at radius 3 is 1.85 bits per heavy atom. The van der Waals surface area contributed by atoms with Gasteiger partial charge in [0, 0.05) is 19.4 Å². The smallest absolute Gasteiger partial charge is 0.461 e. The number of ether oxygens (including phenoxy) is 1. The van der Waals surface area contributed by atoms with Gasteiger partial charge in [0.15, 0.2) is 0 Å². The van der Waals surface area contributed by atoms with Gasteiger partial charge in [-0.2, -0.15) is 12.6 Å². The number of rotatable bonds is 17. The van der Waals surface area contributed by atoms with Crippen LogP contribution < -0.4 is 10.8 Å². The van der Waals surface area contributed by atoms with Gasteiger partial charge in [0.1, 0.15) is 6.61 Å². The fraction of sp³-hybridized carbons (Fsp3) is 0.744. The van der Waals surface area contributed by atoms with Gasteiger partial charge in [-0.05, 0) is 88.4 Å². The van der Waals surface area contributed by atoms with E-state index in [1.54, 1.807) is 0 Å². The number of unbranched alkanes of at least 4 members (excludes halogenated alkanes) is 7. The van der Waals surface area contributed by atoms with Crippen LogP contribution in [0, 0.1) is 26.7 Å². The Morgan fingerprint density at radius 2 is 1.31 bits per heavy atom. The standard InChI is InChI=1S/C32H52BNO5S.C5H10.2CH3.Fe/c1-31(2)32(3,4)39-33(38-31)28-18-16-25(17-19-28)24-37-30(36)22-26-14-15-27(21-26)23-34-29(35)13-11-9-7-5-6-8-10-12-20-40;1-2-4-5-3-1;;;/h16-19,26-27,40H,5-15,20-24H2,1-4H3,(H,34,35);1-5H2;2*1H3;/q;;2*-1;+2. The first-order chi connectivity index (χ1) is 21.6. The number of hydrogen-bond acceptors (Lipinski definition) is 6. The topological polar surface area (TPSA) is 73.9 Å². The van der Waals surface area contributed by atoms with Gasteiger partial charge in [-0.25, -0.2) is 0 Å². The zero-order valence-corrected chi connectivity index (χ0v) is 33.2. The summed E-state index contributed by atoms with van der Waals surface area (Å²) in [5.41, 5.74) is 1.16. The zero-order valence-electron chi connectivity index (χ0n) is 31.2. The molecule has 3 fully saturated rings. The van der Waals surface area contributed by atoms with E-state index in [0.29, 0.717) is 24.7 Å². The second kappa shape index (κ2) is 25.0. The fourth-order valence-corrected chi connectivity index (χ4v) is 6.67. The normalized spacial score (nSPS) is 20.4. The van der Waals surface area contributed by atoms with Gasteiger partial charge in [-0.1, -0.05) is 94.9 Å². The Bertz CT molecular complexity index is 981. The minimum absolute atomic E-state index is 0. The van der Waals surface area contributed by atoms with Crippen LogP contribution in [0.5, 0.6) is 0 Å². The molecule has 1 N–H and O–H groups in total. The van der Waals surface area contributed by atoms with Crippen molar-refractivity contribution in [1.82, 2.24) is 5.32 Å². The average Bonchev–Trinajstić information content (AvgIpc) is 3.77. The van der Waals surface area contributed by atoms with Crippen LogP contribution in [0.25, 0.3) is 0 Å². The van der Waals surface area contributed by atoms with Crippen molar-refractivity contribution in [3.05, 3.63) is 44.7 Å². The van der Waals surface area contributed by atoms with Crippen molar-refractivity contribution < 1.29 is 40.7 Å². The van der Waals surface area contributed by atoms with Crippen molar-refractivity contribution in [1.29, 1.82) is 0 Å². The number of esters is 1. The molecule has 3 aliphatic rings.